The summed E-state index contributed by atoms with van der Waals surface area (Å²) in [5.74, 6) is -0.431. The first-order valence-electron chi connectivity index (χ1n) is 7.76. The first-order chi connectivity index (χ1) is 9.45. The van der Waals surface area contributed by atoms with E-state index in [-0.39, 0.29) is 12.1 Å². The molecule has 20 heavy (non-hydrogen) atoms. The average Bonchev–Trinajstić information content (AvgIpc) is 2.69. The van der Waals surface area contributed by atoms with E-state index in [0.29, 0.717) is 18.9 Å². The van der Waals surface area contributed by atoms with Gasteiger partial charge in [0.2, 0.25) is 0 Å². The Morgan fingerprint density at radius 3 is 2.60 bits per heavy atom. The Morgan fingerprint density at radius 1 is 1.20 bits per heavy atom. The van der Waals surface area contributed by atoms with Gasteiger partial charge in [0.25, 0.3) is 0 Å². The second kappa shape index (κ2) is 6.02. The maximum Gasteiger partial charge on any atom is 0.329 e. The first kappa shape index (κ1) is 15.1. The highest BCUT2D eigenvalue weighted by atomic mass is 16.4. The summed E-state index contributed by atoms with van der Waals surface area (Å²) in [5, 5.41) is 12.5. The van der Waals surface area contributed by atoms with Crippen LogP contribution in [0.25, 0.3) is 0 Å². The molecule has 2 amide bonds. The fourth-order valence-electron chi connectivity index (χ4n) is 3.46. The lowest BCUT2D eigenvalue weighted by Gasteiger charge is -2.33. The topological polar surface area (TPSA) is 69.6 Å². The number of hydrogen-bond acceptors (Lipinski definition) is 2. The van der Waals surface area contributed by atoms with Gasteiger partial charge in [0.05, 0.1) is 0 Å². The number of carbonyl (C=O) groups is 2. The predicted octanol–water partition coefficient (Wildman–Crippen LogP) is 2.60. The number of hydrogen-bond donors (Lipinski definition) is 2. The van der Waals surface area contributed by atoms with E-state index < -0.39 is 11.5 Å². The summed E-state index contributed by atoms with van der Waals surface area (Å²) in [6.45, 7) is 4.37. The van der Waals surface area contributed by atoms with E-state index in [1.807, 2.05) is 0 Å². The Bertz CT molecular complexity index is 385. The molecule has 2 fully saturated rings. The van der Waals surface area contributed by atoms with Gasteiger partial charge in [-0.3, -0.25) is 0 Å². The lowest BCUT2D eigenvalue weighted by atomic mass is 9.97. The van der Waals surface area contributed by atoms with Crippen molar-refractivity contribution in [3.05, 3.63) is 0 Å². The van der Waals surface area contributed by atoms with Crippen LogP contribution in [-0.4, -0.2) is 40.1 Å². The summed E-state index contributed by atoms with van der Waals surface area (Å²) >= 11 is 0. The monoisotopic (exact) mass is 282 g/mol. The Hall–Kier alpha value is -1.26. The number of likely N-dealkylation sites (tertiary alicyclic amines) is 1. The Labute approximate surface area is 120 Å². The van der Waals surface area contributed by atoms with Crippen molar-refractivity contribution in [3.63, 3.8) is 0 Å². The summed E-state index contributed by atoms with van der Waals surface area (Å²) < 4.78 is 0. The number of carboxylic acid groups (broad SMARTS) is 1. The highest BCUT2D eigenvalue weighted by Crippen LogP contribution is 2.30. The second-order valence-corrected chi connectivity index (χ2v) is 6.51. The van der Waals surface area contributed by atoms with Crippen molar-refractivity contribution in [2.75, 3.05) is 6.54 Å². The summed E-state index contributed by atoms with van der Waals surface area (Å²) in [6, 6.07) is -0.0187. The molecule has 2 rings (SSSR count). The molecule has 0 radical (unpaired) electrons. The van der Waals surface area contributed by atoms with E-state index in [1.54, 1.807) is 6.92 Å². The molecule has 1 aliphatic heterocycles. The molecule has 2 N–H and O–H groups in total. The number of aliphatic carboxylic acids is 1. The van der Waals surface area contributed by atoms with E-state index in [0.717, 1.165) is 25.7 Å². The highest BCUT2D eigenvalue weighted by molar-refractivity contribution is 5.86. The molecule has 0 aromatic rings. The normalized spacial score (nSPS) is 34.6. The van der Waals surface area contributed by atoms with Gasteiger partial charge in [-0.25, -0.2) is 9.59 Å². The largest absolute Gasteiger partial charge is 0.480 e. The zero-order valence-electron chi connectivity index (χ0n) is 12.5. The molecule has 1 saturated heterocycles. The van der Waals surface area contributed by atoms with Crippen LogP contribution in [0, 0.1) is 5.92 Å². The number of nitrogens with zero attached hydrogens (tertiary/aromatic N) is 1. The number of rotatable bonds is 2. The van der Waals surface area contributed by atoms with Gasteiger partial charge in [-0.05, 0) is 38.5 Å². The average molecular weight is 282 g/mol. The van der Waals surface area contributed by atoms with Crippen molar-refractivity contribution in [2.45, 2.75) is 70.4 Å². The molecule has 3 unspecified atom stereocenters. The molecule has 1 aliphatic carbocycles. The van der Waals surface area contributed by atoms with Gasteiger partial charge < -0.3 is 15.3 Å². The third-order valence-electron chi connectivity index (χ3n) is 5.02. The van der Waals surface area contributed by atoms with E-state index in [1.165, 1.54) is 17.7 Å². The van der Waals surface area contributed by atoms with Gasteiger partial charge in [-0.1, -0.05) is 26.2 Å². The maximum absolute atomic E-state index is 12.4. The summed E-state index contributed by atoms with van der Waals surface area (Å²) in [6.07, 6.45) is 7.04. The third kappa shape index (κ3) is 2.91. The van der Waals surface area contributed by atoms with Crippen LogP contribution in [-0.2, 0) is 4.79 Å². The van der Waals surface area contributed by atoms with Gasteiger partial charge in [-0.15, -0.1) is 0 Å². The minimum Gasteiger partial charge on any atom is -0.480 e. The smallest absolute Gasteiger partial charge is 0.329 e. The standard InChI is InChI=1S/C15H26N2O3/c1-11-7-4-3-5-8-12(11)16-14(20)17-10-6-9-15(17,2)13(18)19/h11-12H,3-10H2,1-2H3,(H,16,20)(H,18,19). The van der Waals surface area contributed by atoms with E-state index in [2.05, 4.69) is 12.2 Å². The van der Waals surface area contributed by atoms with Crippen LogP contribution in [0.15, 0.2) is 0 Å². The molecule has 1 heterocycles. The molecule has 0 aromatic carbocycles. The van der Waals surface area contributed by atoms with Crippen molar-refractivity contribution in [3.8, 4) is 0 Å². The lowest BCUT2D eigenvalue weighted by Crippen LogP contribution is -2.56. The zero-order chi connectivity index (χ0) is 14.8. The maximum atomic E-state index is 12.4. The quantitative estimate of drug-likeness (QED) is 0.765. The Morgan fingerprint density at radius 2 is 1.90 bits per heavy atom. The minimum absolute atomic E-state index is 0.184. The number of carboxylic acids is 1. The summed E-state index contributed by atoms with van der Waals surface area (Å²) in [7, 11) is 0. The molecule has 5 heteroatoms. The van der Waals surface area contributed by atoms with Crippen LogP contribution < -0.4 is 5.32 Å². The summed E-state index contributed by atoms with van der Waals surface area (Å²) in [4.78, 5) is 25.4. The fourth-order valence-corrected chi connectivity index (χ4v) is 3.46. The second-order valence-electron chi connectivity index (χ2n) is 6.51. The van der Waals surface area contributed by atoms with Crippen LogP contribution in [0.1, 0.15) is 58.8 Å². The van der Waals surface area contributed by atoms with Crippen molar-refractivity contribution >= 4 is 12.0 Å². The SMILES string of the molecule is CC1CCCCCC1NC(=O)N1CCCC1(C)C(=O)O. The third-order valence-corrected chi connectivity index (χ3v) is 5.02. The summed E-state index contributed by atoms with van der Waals surface area (Å²) in [5.41, 5.74) is -1.04. The van der Waals surface area contributed by atoms with Crippen molar-refractivity contribution in [1.29, 1.82) is 0 Å². The molecular formula is C15H26N2O3. The molecular weight excluding hydrogens is 256 g/mol. The van der Waals surface area contributed by atoms with Gasteiger partial charge in [0.1, 0.15) is 5.54 Å². The van der Waals surface area contributed by atoms with Gasteiger partial charge in [0, 0.05) is 12.6 Å². The van der Waals surface area contributed by atoms with Crippen molar-refractivity contribution < 1.29 is 14.7 Å². The van der Waals surface area contributed by atoms with Crippen LogP contribution in [0.3, 0.4) is 0 Å². The molecule has 114 valence electrons. The zero-order valence-corrected chi connectivity index (χ0v) is 12.5. The van der Waals surface area contributed by atoms with E-state index >= 15 is 0 Å². The number of urea groups is 1. The van der Waals surface area contributed by atoms with Crippen LogP contribution in [0.2, 0.25) is 0 Å². The molecule has 2 aliphatic rings. The molecule has 0 spiro atoms. The molecule has 3 atom stereocenters. The van der Waals surface area contributed by atoms with Crippen LogP contribution in [0.4, 0.5) is 4.79 Å². The number of nitrogens with one attached hydrogen (secondary N) is 1. The predicted molar refractivity (Wildman–Crippen MR) is 76.5 cm³/mol. The molecule has 1 saturated carbocycles. The van der Waals surface area contributed by atoms with Crippen LogP contribution in [0.5, 0.6) is 0 Å². The van der Waals surface area contributed by atoms with Gasteiger partial charge in [-0.2, -0.15) is 0 Å². The molecule has 0 bridgehead atoms. The molecule has 5 nitrogen and oxygen atoms in total. The van der Waals surface area contributed by atoms with Gasteiger partial charge in [0.15, 0.2) is 0 Å². The van der Waals surface area contributed by atoms with Crippen molar-refractivity contribution in [2.24, 2.45) is 5.92 Å². The van der Waals surface area contributed by atoms with Crippen molar-refractivity contribution in [1.82, 2.24) is 10.2 Å². The highest BCUT2D eigenvalue weighted by Gasteiger charge is 2.46. The first-order valence-corrected chi connectivity index (χ1v) is 7.76. The molecule has 0 aromatic heterocycles. The Balaban J connectivity index is 2.02. The fraction of sp³-hybridized carbons (Fsp3) is 0.867. The lowest BCUT2D eigenvalue weighted by molar-refractivity contribution is -0.147. The van der Waals surface area contributed by atoms with E-state index in [9.17, 15) is 14.7 Å². The number of amides is 2. The Kier molecular flexibility index (Phi) is 4.55. The van der Waals surface area contributed by atoms with Crippen LogP contribution >= 0.6 is 0 Å². The van der Waals surface area contributed by atoms with E-state index in [4.69, 9.17) is 0 Å². The number of carbonyl (C=O) groups excluding carboxylic acids is 1. The van der Waals surface area contributed by atoms with Gasteiger partial charge >= 0.3 is 12.0 Å². The minimum atomic E-state index is -1.04.